The van der Waals surface area contributed by atoms with Crippen molar-refractivity contribution in [2.75, 3.05) is 0 Å². The van der Waals surface area contributed by atoms with E-state index in [1.54, 1.807) is 6.07 Å². The third-order valence-corrected chi connectivity index (χ3v) is 3.38. The second-order valence-corrected chi connectivity index (χ2v) is 6.34. The zero-order valence-electron chi connectivity index (χ0n) is 11.7. The Morgan fingerprint density at radius 3 is 2.53 bits per heavy atom. The standard InChI is InChI=1S/C14H20Cl2N2O/c1-9(13(19)18-14(2,3)4)17-8-10-6-5-7-11(15)12(10)16/h5-7,9,17H,8H2,1-4H3,(H,18,19). The van der Waals surface area contributed by atoms with Gasteiger partial charge in [-0.2, -0.15) is 0 Å². The molecule has 0 heterocycles. The van der Waals surface area contributed by atoms with Crippen LogP contribution in [0.15, 0.2) is 18.2 Å². The van der Waals surface area contributed by atoms with Gasteiger partial charge in [0.25, 0.3) is 0 Å². The molecule has 0 fully saturated rings. The Labute approximate surface area is 124 Å². The van der Waals surface area contributed by atoms with Crippen molar-refractivity contribution in [3.63, 3.8) is 0 Å². The van der Waals surface area contributed by atoms with Crippen LogP contribution in [0.2, 0.25) is 10.0 Å². The maximum atomic E-state index is 11.9. The molecule has 0 aliphatic rings. The van der Waals surface area contributed by atoms with Crippen LogP contribution in [0.3, 0.4) is 0 Å². The van der Waals surface area contributed by atoms with E-state index in [1.807, 2.05) is 39.8 Å². The van der Waals surface area contributed by atoms with Gasteiger partial charge in [-0.15, -0.1) is 0 Å². The second-order valence-electron chi connectivity index (χ2n) is 5.55. The Kier molecular flexibility index (Phi) is 5.65. The number of carbonyl (C=O) groups excluding carboxylic acids is 1. The SMILES string of the molecule is CC(NCc1cccc(Cl)c1Cl)C(=O)NC(C)(C)C. The van der Waals surface area contributed by atoms with E-state index in [4.69, 9.17) is 23.2 Å². The first-order valence-electron chi connectivity index (χ1n) is 6.19. The summed E-state index contributed by atoms with van der Waals surface area (Å²) in [7, 11) is 0. The molecule has 1 aromatic carbocycles. The highest BCUT2D eigenvalue weighted by molar-refractivity contribution is 6.42. The molecular formula is C14H20Cl2N2O. The van der Waals surface area contributed by atoms with E-state index in [2.05, 4.69) is 10.6 Å². The Morgan fingerprint density at radius 1 is 1.32 bits per heavy atom. The van der Waals surface area contributed by atoms with Crippen molar-refractivity contribution in [2.24, 2.45) is 0 Å². The lowest BCUT2D eigenvalue weighted by molar-refractivity contribution is -0.124. The topological polar surface area (TPSA) is 41.1 Å². The Bertz CT molecular complexity index is 455. The molecule has 2 N–H and O–H groups in total. The molecule has 0 aliphatic carbocycles. The third kappa shape index (κ3) is 5.39. The zero-order valence-corrected chi connectivity index (χ0v) is 13.2. The summed E-state index contributed by atoms with van der Waals surface area (Å²) in [5.74, 6) is -0.0364. The average molecular weight is 303 g/mol. The van der Waals surface area contributed by atoms with Gasteiger partial charge in [0.1, 0.15) is 0 Å². The minimum atomic E-state index is -0.297. The first kappa shape index (κ1) is 16.3. The first-order valence-corrected chi connectivity index (χ1v) is 6.94. The van der Waals surface area contributed by atoms with Crippen LogP contribution in [0.1, 0.15) is 33.3 Å². The second kappa shape index (κ2) is 6.60. The fourth-order valence-corrected chi connectivity index (χ4v) is 1.91. The van der Waals surface area contributed by atoms with E-state index >= 15 is 0 Å². The molecule has 1 amide bonds. The van der Waals surface area contributed by atoms with E-state index in [0.717, 1.165) is 5.56 Å². The summed E-state index contributed by atoms with van der Waals surface area (Å²) in [6, 6.07) is 5.17. The van der Waals surface area contributed by atoms with Crippen molar-refractivity contribution in [3.8, 4) is 0 Å². The lowest BCUT2D eigenvalue weighted by atomic mass is 10.1. The lowest BCUT2D eigenvalue weighted by Crippen LogP contribution is -2.49. The van der Waals surface area contributed by atoms with Gasteiger partial charge in [0.2, 0.25) is 5.91 Å². The third-order valence-electron chi connectivity index (χ3n) is 2.52. The van der Waals surface area contributed by atoms with Crippen molar-refractivity contribution in [1.29, 1.82) is 0 Å². The molecule has 1 rings (SSSR count). The van der Waals surface area contributed by atoms with Crippen LogP contribution in [-0.2, 0) is 11.3 Å². The number of amides is 1. The fraction of sp³-hybridized carbons (Fsp3) is 0.500. The van der Waals surface area contributed by atoms with Gasteiger partial charge in [0.15, 0.2) is 0 Å². The molecule has 0 aliphatic heterocycles. The summed E-state index contributed by atoms with van der Waals surface area (Å²) < 4.78 is 0. The first-order chi connectivity index (χ1) is 8.70. The summed E-state index contributed by atoms with van der Waals surface area (Å²) in [6.45, 7) is 8.17. The van der Waals surface area contributed by atoms with Crippen LogP contribution in [0, 0.1) is 0 Å². The maximum Gasteiger partial charge on any atom is 0.237 e. The summed E-state index contributed by atoms with van der Waals surface area (Å²) in [5, 5.41) is 7.10. The molecule has 5 heteroatoms. The molecule has 19 heavy (non-hydrogen) atoms. The number of hydrogen-bond donors (Lipinski definition) is 2. The monoisotopic (exact) mass is 302 g/mol. The quantitative estimate of drug-likeness (QED) is 0.895. The lowest BCUT2D eigenvalue weighted by Gasteiger charge is -2.23. The molecule has 0 radical (unpaired) electrons. The van der Waals surface area contributed by atoms with Crippen molar-refractivity contribution >= 4 is 29.1 Å². The molecule has 0 saturated carbocycles. The molecule has 106 valence electrons. The highest BCUT2D eigenvalue weighted by Crippen LogP contribution is 2.25. The number of hydrogen-bond acceptors (Lipinski definition) is 2. The smallest absolute Gasteiger partial charge is 0.237 e. The molecular weight excluding hydrogens is 283 g/mol. The van der Waals surface area contributed by atoms with Gasteiger partial charge in [-0.1, -0.05) is 35.3 Å². The van der Waals surface area contributed by atoms with E-state index in [9.17, 15) is 4.79 Å². The van der Waals surface area contributed by atoms with Crippen LogP contribution in [0.25, 0.3) is 0 Å². The van der Waals surface area contributed by atoms with Crippen molar-refractivity contribution < 1.29 is 4.79 Å². The van der Waals surface area contributed by atoms with Crippen molar-refractivity contribution in [2.45, 2.75) is 45.8 Å². The summed E-state index contributed by atoms with van der Waals surface area (Å²) in [4.78, 5) is 11.9. The van der Waals surface area contributed by atoms with Gasteiger partial charge in [0.05, 0.1) is 16.1 Å². The van der Waals surface area contributed by atoms with Crippen LogP contribution in [0.4, 0.5) is 0 Å². The molecule has 0 saturated heterocycles. The van der Waals surface area contributed by atoms with Gasteiger partial charge in [0, 0.05) is 12.1 Å². The summed E-state index contributed by atoms with van der Waals surface area (Å²) in [5.41, 5.74) is 0.644. The molecule has 1 unspecified atom stereocenters. The fourth-order valence-electron chi connectivity index (χ4n) is 1.52. The number of halogens is 2. The largest absolute Gasteiger partial charge is 0.350 e. The van der Waals surface area contributed by atoms with Gasteiger partial charge in [-0.05, 0) is 39.3 Å². The van der Waals surface area contributed by atoms with E-state index < -0.39 is 0 Å². The van der Waals surface area contributed by atoms with E-state index in [1.165, 1.54) is 0 Å². The van der Waals surface area contributed by atoms with Crippen molar-refractivity contribution in [1.82, 2.24) is 10.6 Å². The minimum Gasteiger partial charge on any atom is -0.350 e. The predicted octanol–water partition coefficient (Wildman–Crippen LogP) is 3.39. The molecule has 3 nitrogen and oxygen atoms in total. The number of carbonyl (C=O) groups is 1. The highest BCUT2D eigenvalue weighted by Gasteiger charge is 2.19. The Hall–Kier alpha value is -0.770. The minimum absolute atomic E-state index is 0.0364. The molecule has 0 aromatic heterocycles. The van der Waals surface area contributed by atoms with Crippen LogP contribution in [0.5, 0.6) is 0 Å². The normalized spacial score (nSPS) is 13.2. The number of rotatable bonds is 4. The number of nitrogens with one attached hydrogen (secondary N) is 2. The summed E-state index contributed by atoms with van der Waals surface area (Å²) in [6.07, 6.45) is 0. The molecule has 1 atom stereocenters. The van der Waals surface area contributed by atoms with Gasteiger partial charge in [-0.3, -0.25) is 4.79 Å². The van der Waals surface area contributed by atoms with Crippen LogP contribution < -0.4 is 10.6 Å². The maximum absolute atomic E-state index is 11.9. The van der Waals surface area contributed by atoms with E-state index in [-0.39, 0.29) is 17.5 Å². The molecule has 1 aromatic rings. The Morgan fingerprint density at radius 2 is 1.95 bits per heavy atom. The van der Waals surface area contributed by atoms with Crippen LogP contribution >= 0.6 is 23.2 Å². The predicted molar refractivity (Wildman–Crippen MR) is 80.7 cm³/mol. The Balaban J connectivity index is 2.57. The average Bonchev–Trinajstić information content (AvgIpc) is 2.28. The van der Waals surface area contributed by atoms with Gasteiger partial charge < -0.3 is 10.6 Å². The number of benzene rings is 1. The molecule has 0 spiro atoms. The summed E-state index contributed by atoms with van der Waals surface area (Å²) >= 11 is 12.0. The zero-order chi connectivity index (χ0) is 14.6. The van der Waals surface area contributed by atoms with E-state index in [0.29, 0.717) is 16.6 Å². The van der Waals surface area contributed by atoms with Gasteiger partial charge >= 0.3 is 0 Å². The van der Waals surface area contributed by atoms with Crippen molar-refractivity contribution in [3.05, 3.63) is 33.8 Å². The molecule has 0 bridgehead atoms. The van der Waals surface area contributed by atoms with Gasteiger partial charge in [-0.25, -0.2) is 0 Å². The highest BCUT2D eigenvalue weighted by atomic mass is 35.5. The van der Waals surface area contributed by atoms with Crippen LogP contribution in [-0.4, -0.2) is 17.5 Å².